The number of rotatable bonds is 4. The van der Waals surface area contributed by atoms with Crippen molar-refractivity contribution in [3.05, 3.63) is 29.3 Å². The summed E-state index contributed by atoms with van der Waals surface area (Å²) in [7, 11) is 0. The summed E-state index contributed by atoms with van der Waals surface area (Å²) in [6, 6.07) is 4.72. The molecular formula is C15H21F3N2. The van der Waals surface area contributed by atoms with E-state index < -0.39 is 11.7 Å². The topological polar surface area (TPSA) is 15.3 Å². The Morgan fingerprint density at radius 3 is 2.45 bits per heavy atom. The lowest BCUT2D eigenvalue weighted by Crippen LogP contribution is -2.29. The predicted molar refractivity (Wildman–Crippen MR) is 74.9 cm³/mol. The number of hydrogen-bond donors (Lipinski definition) is 1. The second-order valence-electron chi connectivity index (χ2n) is 5.17. The quantitative estimate of drug-likeness (QED) is 0.905. The van der Waals surface area contributed by atoms with Gasteiger partial charge in [-0.05, 0) is 43.5 Å². The maximum atomic E-state index is 13.2. The highest BCUT2D eigenvalue weighted by molar-refractivity contribution is 5.52. The summed E-state index contributed by atoms with van der Waals surface area (Å²) in [5.74, 6) is 0. The van der Waals surface area contributed by atoms with E-state index >= 15 is 0 Å². The van der Waals surface area contributed by atoms with Gasteiger partial charge >= 0.3 is 6.18 Å². The molecule has 5 heteroatoms. The number of halogens is 3. The van der Waals surface area contributed by atoms with Crippen LogP contribution in [-0.4, -0.2) is 19.6 Å². The van der Waals surface area contributed by atoms with Crippen molar-refractivity contribution in [2.24, 2.45) is 0 Å². The normalized spacial score (nSPS) is 16.5. The summed E-state index contributed by atoms with van der Waals surface area (Å²) in [6.07, 6.45) is -1.02. The molecule has 0 aliphatic carbocycles. The zero-order chi connectivity index (χ0) is 14.6. The average Bonchev–Trinajstić information content (AvgIpc) is 2.45. The van der Waals surface area contributed by atoms with Crippen LogP contribution in [0.15, 0.2) is 18.2 Å². The Hall–Kier alpha value is -1.23. The van der Waals surface area contributed by atoms with Gasteiger partial charge in [0.2, 0.25) is 0 Å². The molecule has 20 heavy (non-hydrogen) atoms. The Morgan fingerprint density at radius 1 is 1.15 bits per heavy atom. The fraction of sp³-hybridized carbons (Fsp3) is 0.600. The fourth-order valence-corrected chi connectivity index (χ4v) is 2.59. The lowest BCUT2D eigenvalue weighted by Gasteiger charge is -2.29. The van der Waals surface area contributed by atoms with Gasteiger partial charge in [-0.2, -0.15) is 13.2 Å². The van der Waals surface area contributed by atoms with Gasteiger partial charge in [-0.15, -0.1) is 0 Å². The van der Waals surface area contributed by atoms with Crippen molar-refractivity contribution in [2.45, 2.75) is 38.9 Å². The molecule has 2 rings (SSSR count). The molecule has 0 saturated carbocycles. The van der Waals surface area contributed by atoms with E-state index in [-0.39, 0.29) is 6.54 Å². The molecule has 112 valence electrons. The van der Waals surface area contributed by atoms with Crippen molar-refractivity contribution >= 4 is 5.69 Å². The highest BCUT2D eigenvalue weighted by Crippen LogP contribution is 2.35. The number of anilines is 1. The lowest BCUT2D eigenvalue weighted by atomic mass is 10.0. The Morgan fingerprint density at radius 2 is 1.85 bits per heavy atom. The molecule has 0 atom stereocenters. The maximum absolute atomic E-state index is 13.2. The molecule has 0 spiro atoms. The summed E-state index contributed by atoms with van der Waals surface area (Å²) < 4.78 is 39.5. The summed E-state index contributed by atoms with van der Waals surface area (Å²) in [4.78, 5) is 2.05. The first kappa shape index (κ1) is 15.2. The van der Waals surface area contributed by atoms with Crippen LogP contribution in [0.3, 0.4) is 0 Å². The van der Waals surface area contributed by atoms with Crippen LogP contribution in [0.2, 0.25) is 0 Å². The van der Waals surface area contributed by atoms with Gasteiger partial charge in [-0.3, -0.25) is 0 Å². The number of alkyl halides is 3. The molecule has 1 aromatic rings. The first-order valence-corrected chi connectivity index (χ1v) is 7.18. The third kappa shape index (κ3) is 3.66. The minimum atomic E-state index is -4.30. The average molecular weight is 286 g/mol. The Kier molecular flexibility index (Phi) is 4.91. The Bertz CT molecular complexity index is 437. The minimum absolute atomic E-state index is 0.256. The smallest absolute Gasteiger partial charge is 0.372 e. The summed E-state index contributed by atoms with van der Waals surface area (Å²) in [6.45, 7) is 4.50. The first-order valence-electron chi connectivity index (χ1n) is 7.18. The van der Waals surface area contributed by atoms with Gasteiger partial charge in [0.15, 0.2) is 0 Å². The molecule has 1 aliphatic heterocycles. The zero-order valence-electron chi connectivity index (χ0n) is 11.8. The van der Waals surface area contributed by atoms with Gasteiger partial charge in [-0.1, -0.05) is 13.0 Å². The van der Waals surface area contributed by atoms with Crippen LogP contribution in [-0.2, 0) is 12.7 Å². The molecule has 1 heterocycles. The van der Waals surface area contributed by atoms with Crippen molar-refractivity contribution in [1.29, 1.82) is 0 Å². The van der Waals surface area contributed by atoms with Crippen molar-refractivity contribution in [2.75, 3.05) is 24.5 Å². The molecule has 0 amide bonds. The van der Waals surface area contributed by atoms with Crippen LogP contribution in [0.5, 0.6) is 0 Å². The molecule has 0 aromatic heterocycles. The number of piperidine rings is 1. The number of nitrogens with one attached hydrogen (secondary N) is 1. The van der Waals surface area contributed by atoms with E-state index in [4.69, 9.17) is 0 Å². The molecule has 0 radical (unpaired) electrons. The van der Waals surface area contributed by atoms with Crippen LogP contribution in [0.4, 0.5) is 18.9 Å². The summed E-state index contributed by atoms with van der Waals surface area (Å²) in [5, 5.41) is 2.96. The van der Waals surface area contributed by atoms with Crippen LogP contribution < -0.4 is 10.2 Å². The van der Waals surface area contributed by atoms with E-state index in [1.807, 2.05) is 13.0 Å². The lowest BCUT2D eigenvalue weighted by molar-refractivity contribution is -0.138. The molecule has 1 aromatic carbocycles. The highest BCUT2D eigenvalue weighted by Gasteiger charge is 2.33. The number of benzene rings is 1. The van der Waals surface area contributed by atoms with E-state index in [2.05, 4.69) is 10.2 Å². The fourth-order valence-electron chi connectivity index (χ4n) is 2.59. The van der Waals surface area contributed by atoms with Crippen LogP contribution >= 0.6 is 0 Å². The van der Waals surface area contributed by atoms with Crippen LogP contribution in [0.25, 0.3) is 0 Å². The third-order valence-electron chi connectivity index (χ3n) is 3.69. The maximum Gasteiger partial charge on any atom is 0.416 e. The van der Waals surface area contributed by atoms with E-state index in [0.717, 1.165) is 25.9 Å². The molecule has 1 N–H and O–H groups in total. The van der Waals surface area contributed by atoms with E-state index in [0.29, 0.717) is 17.8 Å². The molecular weight excluding hydrogens is 265 g/mol. The van der Waals surface area contributed by atoms with Gasteiger partial charge in [0.05, 0.1) is 5.56 Å². The predicted octanol–water partition coefficient (Wildman–Crippen LogP) is 3.81. The van der Waals surface area contributed by atoms with Gasteiger partial charge in [0, 0.05) is 25.3 Å². The van der Waals surface area contributed by atoms with E-state index in [1.54, 1.807) is 6.07 Å². The SMILES string of the molecule is CCNCc1ccc(N2CCCCC2)cc1C(F)(F)F. The Labute approximate surface area is 118 Å². The second-order valence-corrected chi connectivity index (χ2v) is 5.17. The molecule has 2 nitrogen and oxygen atoms in total. The number of nitrogens with zero attached hydrogens (tertiary/aromatic N) is 1. The summed E-state index contributed by atoms with van der Waals surface area (Å²) >= 11 is 0. The molecule has 1 aliphatic rings. The van der Waals surface area contributed by atoms with Crippen molar-refractivity contribution in [1.82, 2.24) is 5.32 Å². The number of hydrogen-bond acceptors (Lipinski definition) is 2. The van der Waals surface area contributed by atoms with Gasteiger partial charge < -0.3 is 10.2 Å². The molecule has 0 unspecified atom stereocenters. The van der Waals surface area contributed by atoms with E-state index in [1.165, 1.54) is 12.5 Å². The van der Waals surface area contributed by atoms with Crippen molar-refractivity contribution < 1.29 is 13.2 Å². The molecule has 1 saturated heterocycles. The summed E-state index contributed by atoms with van der Waals surface area (Å²) in [5.41, 5.74) is 0.499. The second kappa shape index (κ2) is 6.48. The standard InChI is InChI=1S/C15H21F3N2/c1-2-19-11-12-6-7-13(10-14(12)15(16,17)18)20-8-4-3-5-9-20/h6-7,10,19H,2-5,8-9,11H2,1H3. The van der Waals surface area contributed by atoms with Gasteiger partial charge in [-0.25, -0.2) is 0 Å². The third-order valence-corrected chi connectivity index (χ3v) is 3.69. The monoisotopic (exact) mass is 286 g/mol. The van der Waals surface area contributed by atoms with Crippen molar-refractivity contribution in [3.8, 4) is 0 Å². The van der Waals surface area contributed by atoms with Crippen LogP contribution in [0, 0.1) is 0 Å². The molecule has 0 bridgehead atoms. The van der Waals surface area contributed by atoms with Crippen LogP contribution in [0.1, 0.15) is 37.3 Å². The van der Waals surface area contributed by atoms with Gasteiger partial charge in [0.1, 0.15) is 0 Å². The van der Waals surface area contributed by atoms with Gasteiger partial charge in [0.25, 0.3) is 0 Å². The van der Waals surface area contributed by atoms with E-state index in [9.17, 15) is 13.2 Å². The molecule has 1 fully saturated rings. The minimum Gasteiger partial charge on any atom is -0.372 e. The Balaban J connectivity index is 2.27. The highest BCUT2D eigenvalue weighted by atomic mass is 19.4. The first-order chi connectivity index (χ1) is 9.52. The largest absolute Gasteiger partial charge is 0.416 e. The zero-order valence-corrected chi connectivity index (χ0v) is 11.8. The van der Waals surface area contributed by atoms with Crippen molar-refractivity contribution in [3.63, 3.8) is 0 Å².